The molecule has 1 amide bonds. The number of imidazole rings is 1. The van der Waals surface area contributed by atoms with Crippen LogP contribution in [-0.4, -0.2) is 40.8 Å². The third-order valence-corrected chi connectivity index (χ3v) is 6.20. The van der Waals surface area contributed by atoms with Crippen LogP contribution in [0.4, 0.5) is 0 Å². The third-order valence-electron chi connectivity index (χ3n) is 5.89. The van der Waals surface area contributed by atoms with Gasteiger partial charge in [-0.05, 0) is 44.4 Å². The van der Waals surface area contributed by atoms with Crippen molar-refractivity contribution in [2.45, 2.75) is 45.3 Å². The van der Waals surface area contributed by atoms with E-state index in [0.717, 1.165) is 29.7 Å². The number of nitrogens with two attached hydrogens (primary N) is 1. The van der Waals surface area contributed by atoms with Crippen molar-refractivity contribution in [1.29, 1.82) is 0 Å². The van der Waals surface area contributed by atoms with Gasteiger partial charge in [-0.2, -0.15) is 10.1 Å². The van der Waals surface area contributed by atoms with E-state index in [0.29, 0.717) is 40.0 Å². The number of hydrogen-bond donors (Lipinski definition) is 1. The topological polar surface area (TPSA) is 114 Å². The van der Waals surface area contributed by atoms with E-state index in [1.54, 1.807) is 10.7 Å². The van der Waals surface area contributed by atoms with Crippen LogP contribution in [0, 0.1) is 6.92 Å². The number of rotatable bonds is 7. The molecule has 0 bridgehead atoms. The normalized spacial score (nSPS) is 14.5. The Balaban J connectivity index is 1.67. The van der Waals surface area contributed by atoms with Crippen molar-refractivity contribution in [2.75, 3.05) is 0 Å². The van der Waals surface area contributed by atoms with Gasteiger partial charge in [-0.3, -0.25) is 9.48 Å². The SMILES string of the molecule is Cc1nn(C)cc1Cn1c(-c2ccc(CC(N)=O)cc2Cl)nc2c(OC3(C)CC3)ncnc21. The highest BCUT2D eigenvalue weighted by Gasteiger charge is 2.41. The number of primary amides is 1. The van der Waals surface area contributed by atoms with Gasteiger partial charge < -0.3 is 15.0 Å². The van der Waals surface area contributed by atoms with E-state index in [9.17, 15) is 4.79 Å². The monoisotopic (exact) mass is 465 g/mol. The first kappa shape index (κ1) is 21.4. The number of amides is 1. The smallest absolute Gasteiger partial charge is 0.245 e. The van der Waals surface area contributed by atoms with E-state index in [2.05, 4.69) is 22.0 Å². The molecule has 9 nitrogen and oxygen atoms in total. The van der Waals surface area contributed by atoms with Crippen LogP contribution in [0.25, 0.3) is 22.6 Å². The summed E-state index contributed by atoms with van der Waals surface area (Å²) in [4.78, 5) is 25.1. The Morgan fingerprint density at radius 3 is 2.73 bits per heavy atom. The molecule has 33 heavy (non-hydrogen) atoms. The summed E-state index contributed by atoms with van der Waals surface area (Å²) in [7, 11) is 1.89. The first-order valence-electron chi connectivity index (χ1n) is 10.7. The number of benzene rings is 1. The number of aryl methyl sites for hydroxylation is 2. The van der Waals surface area contributed by atoms with E-state index in [1.165, 1.54) is 6.33 Å². The maximum Gasteiger partial charge on any atom is 0.245 e. The average Bonchev–Trinajstić information content (AvgIpc) is 3.21. The minimum Gasteiger partial charge on any atom is -0.470 e. The summed E-state index contributed by atoms with van der Waals surface area (Å²) in [6.07, 6.45) is 5.56. The van der Waals surface area contributed by atoms with Gasteiger partial charge >= 0.3 is 0 Å². The summed E-state index contributed by atoms with van der Waals surface area (Å²) in [5.74, 6) is 0.684. The van der Waals surface area contributed by atoms with Gasteiger partial charge in [-0.25, -0.2) is 9.97 Å². The average molecular weight is 466 g/mol. The minimum atomic E-state index is -0.413. The van der Waals surface area contributed by atoms with Crippen molar-refractivity contribution in [3.8, 4) is 17.3 Å². The number of carbonyl (C=O) groups excluding carboxylic acids is 1. The van der Waals surface area contributed by atoms with Crippen LogP contribution in [-0.2, 0) is 24.8 Å². The molecular formula is C23H24ClN7O2. The maximum atomic E-state index is 11.3. The molecule has 1 aromatic carbocycles. The van der Waals surface area contributed by atoms with E-state index in [-0.39, 0.29) is 12.0 Å². The summed E-state index contributed by atoms with van der Waals surface area (Å²) >= 11 is 6.65. The van der Waals surface area contributed by atoms with Crippen molar-refractivity contribution in [3.05, 3.63) is 52.6 Å². The molecule has 3 aromatic heterocycles. The molecule has 0 atom stereocenters. The lowest BCUT2D eigenvalue weighted by atomic mass is 10.1. The second-order valence-corrected chi connectivity index (χ2v) is 9.20. The number of ether oxygens (including phenoxy) is 1. The van der Waals surface area contributed by atoms with Crippen molar-refractivity contribution in [3.63, 3.8) is 0 Å². The fraction of sp³-hybridized carbons (Fsp3) is 0.348. The number of fused-ring (bicyclic) bond motifs is 1. The van der Waals surface area contributed by atoms with Crippen LogP contribution >= 0.6 is 11.6 Å². The van der Waals surface area contributed by atoms with Crippen molar-refractivity contribution in [1.82, 2.24) is 29.3 Å². The van der Waals surface area contributed by atoms with Crippen molar-refractivity contribution in [2.24, 2.45) is 12.8 Å². The molecule has 0 unspecified atom stereocenters. The zero-order valence-electron chi connectivity index (χ0n) is 18.7. The predicted molar refractivity (Wildman–Crippen MR) is 124 cm³/mol. The second kappa shape index (κ2) is 7.84. The molecule has 1 aliphatic rings. The summed E-state index contributed by atoms with van der Waals surface area (Å²) in [5.41, 5.74) is 9.78. The molecule has 0 saturated heterocycles. The summed E-state index contributed by atoms with van der Waals surface area (Å²) in [6, 6.07) is 5.43. The van der Waals surface area contributed by atoms with Gasteiger partial charge in [-0.1, -0.05) is 17.7 Å². The van der Waals surface area contributed by atoms with Gasteiger partial charge in [-0.15, -0.1) is 0 Å². The molecule has 5 rings (SSSR count). The van der Waals surface area contributed by atoms with Gasteiger partial charge in [0.25, 0.3) is 0 Å². The van der Waals surface area contributed by atoms with Gasteiger partial charge in [0.05, 0.1) is 23.7 Å². The predicted octanol–water partition coefficient (Wildman–Crippen LogP) is 3.20. The molecular weight excluding hydrogens is 442 g/mol. The van der Waals surface area contributed by atoms with Gasteiger partial charge in [0.1, 0.15) is 17.8 Å². The zero-order chi connectivity index (χ0) is 23.3. The number of aromatic nitrogens is 6. The van der Waals surface area contributed by atoms with E-state index in [4.69, 9.17) is 27.1 Å². The quantitative estimate of drug-likeness (QED) is 0.448. The Morgan fingerprint density at radius 1 is 1.30 bits per heavy atom. The van der Waals surface area contributed by atoms with Gasteiger partial charge in [0.2, 0.25) is 11.8 Å². The zero-order valence-corrected chi connectivity index (χ0v) is 19.4. The number of nitrogens with zero attached hydrogens (tertiary/aromatic N) is 6. The molecule has 1 fully saturated rings. The van der Waals surface area contributed by atoms with Crippen LogP contribution in [0.3, 0.4) is 0 Å². The lowest BCUT2D eigenvalue weighted by molar-refractivity contribution is -0.117. The fourth-order valence-electron chi connectivity index (χ4n) is 3.88. The number of hydrogen-bond acceptors (Lipinski definition) is 6. The first-order chi connectivity index (χ1) is 15.7. The summed E-state index contributed by atoms with van der Waals surface area (Å²) in [5, 5.41) is 4.93. The molecule has 4 aromatic rings. The largest absolute Gasteiger partial charge is 0.470 e. The Hall–Kier alpha value is -3.46. The molecule has 1 saturated carbocycles. The van der Waals surface area contributed by atoms with Crippen molar-refractivity contribution >= 4 is 28.7 Å². The second-order valence-electron chi connectivity index (χ2n) is 8.80. The fourth-order valence-corrected chi connectivity index (χ4v) is 4.17. The minimum absolute atomic E-state index is 0.118. The maximum absolute atomic E-state index is 11.3. The molecule has 3 heterocycles. The first-order valence-corrected chi connectivity index (χ1v) is 11.1. The molecule has 0 aliphatic heterocycles. The highest BCUT2D eigenvalue weighted by Crippen LogP contribution is 2.41. The van der Waals surface area contributed by atoms with E-state index >= 15 is 0 Å². The highest BCUT2D eigenvalue weighted by atomic mass is 35.5. The third kappa shape index (κ3) is 4.16. The molecule has 170 valence electrons. The van der Waals surface area contributed by atoms with Crippen LogP contribution in [0.5, 0.6) is 5.88 Å². The molecule has 0 spiro atoms. The Kier molecular flexibility index (Phi) is 5.08. The van der Waals surface area contributed by atoms with E-state index in [1.807, 2.05) is 36.9 Å². The standard InChI is InChI=1S/C23H24ClN7O2/c1-13-15(10-30(3)29-13)11-31-20(16-5-4-14(8-17(16)24)9-18(25)32)28-19-21(31)26-12-27-22(19)33-23(2)6-7-23/h4-5,8,10,12H,6-7,9,11H2,1-3H3,(H2,25,32). The van der Waals surface area contributed by atoms with Crippen LogP contribution in [0.15, 0.2) is 30.7 Å². The molecule has 2 N–H and O–H groups in total. The Labute approximate surface area is 195 Å². The van der Waals surface area contributed by atoms with Crippen LogP contribution in [0.1, 0.15) is 36.6 Å². The Bertz CT molecular complexity index is 1390. The van der Waals surface area contributed by atoms with Crippen LogP contribution < -0.4 is 10.5 Å². The van der Waals surface area contributed by atoms with Gasteiger partial charge in [0, 0.05) is 24.4 Å². The highest BCUT2D eigenvalue weighted by molar-refractivity contribution is 6.33. The van der Waals surface area contributed by atoms with Crippen molar-refractivity contribution < 1.29 is 9.53 Å². The Morgan fingerprint density at radius 2 is 2.09 bits per heavy atom. The number of carbonyl (C=O) groups is 1. The molecule has 1 aliphatic carbocycles. The lowest BCUT2D eigenvalue weighted by Crippen LogP contribution is -2.13. The summed E-state index contributed by atoms with van der Waals surface area (Å²) in [6.45, 7) is 4.53. The lowest BCUT2D eigenvalue weighted by Gasteiger charge is -2.12. The summed E-state index contributed by atoms with van der Waals surface area (Å²) < 4.78 is 9.96. The molecule has 0 radical (unpaired) electrons. The number of halogens is 1. The molecule has 10 heteroatoms. The van der Waals surface area contributed by atoms with Gasteiger partial charge in [0.15, 0.2) is 11.2 Å². The van der Waals surface area contributed by atoms with E-state index < -0.39 is 5.91 Å². The van der Waals surface area contributed by atoms with Crippen LogP contribution in [0.2, 0.25) is 5.02 Å².